The summed E-state index contributed by atoms with van der Waals surface area (Å²) < 4.78 is 0. The molecule has 12 heavy (non-hydrogen) atoms. The fourth-order valence-corrected chi connectivity index (χ4v) is 0.922. The molecule has 0 spiro atoms. The van der Waals surface area contributed by atoms with Crippen LogP contribution in [0.25, 0.3) is 0 Å². The van der Waals surface area contributed by atoms with Crippen molar-refractivity contribution in [1.29, 1.82) is 0 Å². The highest BCUT2D eigenvalue weighted by Crippen LogP contribution is 1.95. The molecule has 0 aromatic carbocycles. The van der Waals surface area contributed by atoms with Crippen molar-refractivity contribution >= 4 is 17.7 Å². The molecule has 0 saturated carbocycles. The molecule has 3 amide bonds. The summed E-state index contributed by atoms with van der Waals surface area (Å²) in [7, 11) is 0. The number of carbonyl (C=O) groups is 3. The molecule has 0 bridgehead atoms. The second-order valence-corrected chi connectivity index (χ2v) is 2.37. The van der Waals surface area contributed by atoms with Crippen molar-refractivity contribution in [2.45, 2.75) is 0 Å². The fraction of sp³-hybridized carbons (Fsp3) is 0.286. The summed E-state index contributed by atoms with van der Waals surface area (Å²) >= 11 is 0. The van der Waals surface area contributed by atoms with Gasteiger partial charge in [-0.15, -0.1) is 0 Å². The summed E-state index contributed by atoms with van der Waals surface area (Å²) in [6.07, 6.45) is 1.08. The first-order chi connectivity index (χ1) is 5.63. The van der Waals surface area contributed by atoms with E-state index in [9.17, 15) is 14.4 Å². The van der Waals surface area contributed by atoms with E-state index >= 15 is 0 Å². The Labute approximate surface area is 69.0 Å². The van der Waals surface area contributed by atoms with Gasteiger partial charge in [0.2, 0.25) is 17.7 Å². The average molecular weight is 168 g/mol. The topological polar surface area (TPSA) is 66.5 Å². The number of piperazine rings is 1. The van der Waals surface area contributed by atoms with Crippen LogP contribution in [-0.2, 0) is 14.4 Å². The SMILES string of the molecule is C=CC(=O)N1CC(=O)NC(=O)C1. The van der Waals surface area contributed by atoms with Crippen LogP contribution in [0.4, 0.5) is 0 Å². The number of nitrogens with zero attached hydrogens (tertiary/aromatic N) is 1. The molecular formula is C7H8N2O3. The number of hydrogen-bond acceptors (Lipinski definition) is 3. The van der Waals surface area contributed by atoms with E-state index in [1.165, 1.54) is 0 Å². The van der Waals surface area contributed by atoms with Gasteiger partial charge >= 0.3 is 0 Å². The first kappa shape index (κ1) is 8.45. The minimum absolute atomic E-state index is 0.0728. The van der Waals surface area contributed by atoms with Gasteiger partial charge in [-0.1, -0.05) is 6.58 Å². The molecule has 0 unspecified atom stereocenters. The third-order valence-electron chi connectivity index (χ3n) is 1.43. The van der Waals surface area contributed by atoms with Crippen LogP contribution in [0, 0.1) is 0 Å². The Hall–Kier alpha value is -1.65. The number of hydrogen-bond donors (Lipinski definition) is 1. The van der Waals surface area contributed by atoms with Gasteiger partial charge in [0, 0.05) is 0 Å². The van der Waals surface area contributed by atoms with Crippen LogP contribution in [-0.4, -0.2) is 35.7 Å². The van der Waals surface area contributed by atoms with E-state index in [0.717, 1.165) is 11.0 Å². The van der Waals surface area contributed by atoms with Crippen LogP contribution < -0.4 is 5.32 Å². The van der Waals surface area contributed by atoms with Crippen LogP contribution in [0.15, 0.2) is 12.7 Å². The van der Waals surface area contributed by atoms with Gasteiger partial charge in [-0.25, -0.2) is 0 Å². The third-order valence-corrected chi connectivity index (χ3v) is 1.43. The summed E-state index contributed by atoms with van der Waals surface area (Å²) in [4.78, 5) is 33.6. The summed E-state index contributed by atoms with van der Waals surface area (Å²) in [5.74, 6) is -1.32. The second kappa shape index (κ2) is 3.17. The zero-order chi connectivity index (χ0) is 9.14. The standard InChI is InChI=1S/C7H8N2O3/c1-2-7(12)9-3-5(10)8-6(11)4-9/h2H,1,3-4H2,(H,8,10,11). The predicted octanol–water partition coefficient (Wildman–Crippen LogP) is -1.34. The van der Waals surface area contributed by atoms with Crippen LogP contribution in [0.3, 0.4) is 0 Å². The predicted molar refractivity (Wildman–Crippen MR) is 39.9 cm³/mol. The zero-order valence-electron chi connectivity index (χ0n) is 6.37. The lowest BCUT2D eigenvalue weighted by Crippen LogP contribution is -2.52. The Kier molecular flexibility index (Phi) is 2.23. The van der Waals surface area contributed by atoms with Gasteiger partial charge in [-0.05, 0) is 6.08 Å². The minimum atomic E-state index is -0.457. The molecule has 0 atom stereocenters. The van der Waals surface area contributed by atoms with E-state index in [1.54, 1.807) is 0 Å². The highest BCUT2D eigenvalue weighted by molar-refractivity contribution is 6.03. The molecule has 0 aromatic rings. The van der Waals surface area contributed by atoms with E-state index < -0.39 is 17.7 Å². The van der Waals surface area contributed by atoms with Crippen molar-refractivity contribution in [3.8, 4) is 0 Å². The Balaban J connectivity index is 2.67. The van der Waals surface area contributed by atoms with Crippen molar-refractivity contribution in [1.82, 2.24) is 10.2 Å². The molecule has 1 aliphatic heterocycles. The van der Waals surface area contributed by atoms with Crippen molar-refractivity contribution in [3.05, 3.63) is 12.7 Å². The first-order valence-corrected chi connectivity index (χ1v) is 3.37. The quantitative estimate of drug-likeness (QED) is 0.389. The number of rotatable bonds is 1. The van der Waals surface area contributed by atoms with Crippen LogP contribution >= 0.6 is 0 Å². The molecule has 1 fully saturated rings. The van der Waals surface area contributed by atoms with Gasteiger partial charge in [0.1, 0.15) is 13.1 Å². The first-order valence-electron chi connectivity index (χ1n) is 3.37. The normalized spacial score (nSPS) is 17.2. The summed E-state index contributed by atoms with van der Waals surface area (Å²) in [6.45, 7) is 3.11. The lowest BCUT2D eigenvalue weighted by atomic mass is 10.3. The van der Waals surface area contributed by atoms with Gasteiger partial charge in [0.15, 0.2) is 0 Å². The largest absolute Gasteiger partial charge is 0.321 e. The maximum absolute atomic E-state index is 10.9. The van der Waals surface area contributed by atoms with Crippen LogP contribution in [0.5, 0.6) is 0 Å². The van der Waals surface area contributed by atoms with Gasteiger partial charge in [-0.3, -0.25) is 19.7 Å². The van der Waals surface area contributed by atoms with Crippen molar-refractivity contribution in [3.63, 3.8) is 0 Å². The molecule has 0 aliphatic carbocycles. The molecule has 5 heteroatoms. The van der Waals surface area contributed by atoms with Crippen molar-refractivity contribution < 1.29 is 14.4 Å². The fourth-order valence-electron chi connectivity index (χ4n) is 0.922. The van der Waals surface area contributed by atoms with Crippen LogP contribution in [0.2, 0.25) is 0 Å². The molecule has 0 radical (unpaired) electrons. The molecule has 0 aromatic heterocycles. The number of carbonyl (C=O) groups excluding carboxylic acids is 3. The van der Waals surface area contributed by atoms with Gasteiger partial charge in [0.25, 0.3) is 0 Å². The highest BCUT2D eigenvalue weighted by Gasteiger charge is 2.24. The van der Waals surface area contributed by atoms with E-state index in [1.807, 2.05) is 0 Å². The van der Waals surface area contributed by atoms with Crippen molar-refractivity contribution in [2.24, 2.45) is 0 Å². The summed E-state index contributed by atoms with van der Waals surface area (Å²) in [6, 6.07) is 0. The Morgan fingerprint density at radius 3 is 2.33 bits per heavy atom. The lowest BCUT2D eigenvalue weighted by molar-refractivity contribution is -0.143. The maximum atomic E-state index is 10.9. The third kappa shape index (κ3) is 1.69. The Bertz CT molecular complexity index is 243. The number of imide groups is 1. The minimum Gasteiger partial charge on any atom is -0.321 e. The van der Waals surface area contributed by atoms with Gasteiger partial charge < -0.3 is 4.90 Å². The van der Waals surface area contributed by atoms with Crippen molar-refractivity contribution in [2.75, 3.05) is 13.1 Å². The van der Waals surface area contributed by atoms with Gasteiger partial charge in [0.05, 0.1) is 0 Å². The van der Waals surface area contributed by atoms with Gasteiger partial charge in [-0.2, -0.15) is 0 Å². The van der Waals surface area contributed by atoms with E-state index in [-0.39, 0.29) is 13.1 Å². The Morgan fingerprint density at radius 2 is 1.92 bits per heavy atom. The second-order valence-electron chi connectivity index (χ2n) is 2.37. The monoisotopic (exact) mass is 168 g/mol. The molecule has 1 rings (SSSR count). The van der Waals surface area contributed by atoms with E-state index in [2.05, 4.69) is 11.9 Å². The average Bonchev–Trinajstić information content (AvgIpc) is 2.01. The van der Waals surface area contributed by atoms with E-state index in [4.69, 9.17) is 0 Å². The number of nitrogens with one attached hydrogen (secondary N) is 1. The molecule has 5 nitrogen and oxygen atoms in total. The Morgan fingerprint density at radius 1 is 1.42 bits per heavy atom. The molecule has 1 aliphatic rings. The number of amides is 3. The molecule has 1 N–H and O–H groups in total. The molecule has 1 saturated heterocycles. The maximum Gasteiger partial charge on any atom is 0.246 e. The van der Waals surface area contributed by atoms with E-state index in [0.29, 0.717) is 0 Å². The summed E-state index contributed by atoms with van der Waals surface area (Å²) in [5.41, 5.74) is 0. The smallest absolute Gasteiger partial charge is 0.246 e. The molecule has 64 valence electrons. The van der Waals surface area contributed by atoms with Crippen LogP contribution in [0.1, 0.15) is 0 Å². The lowest BCUT2D eigenvalue weighted by Gasteiger charge is -2.23. The molecule has 1 heterocycles. The highest BCUT2D eigenvalue weighted by atomic mass is 16.2. The zero-order valence-corrected chi connectivity index (χ0v) is 6.37. The molecular weight excluding hydrogens is 160 g/mol. The summed E-state index contributed by atoms with van der Waals surface area (Å²) in [5, 5.41) is 2.08.